The normalized spacial score (nSPS) is 15.8. The van der Waals surface area contributed by atoms with Crippen molar-refractivity contribution in [2.75, 3.05) is 13.6 Å². The zero-order chi connectivity index (χ0) is 15.6. The van der Waals surface area contributed by atoms with Crippen molar-refractivity contribution in [3.63, 3.8) is 0 Å². The van der Waals surface area contributed by atoms with Crippen LogP contribution in [0.3, 0.4) is 0 Å². The molecule has 0 bridgehead atoms. The van der Waals surface area contributed by atoms with Gasteiger partial charge in [-0.1, -0.05) is 11.6 Å². The van der Waals surface area contributed by atoms with Crippen LogP contribution in [0.25, 0.3) is 0 Å². The topological polar surface area (TPSA) is 75.5 Å². The molecule has 21 heavy (non-hydrogen) atoms. The number of nitro groups is 1. The molecule has 0 radical (unpaired) electrons. The summed E-state index contributed by atoms with van der Waals surface area (Å²) in [5.41, 5.74) is 0.127. The molecule has 1 aromatic carbocycles. The second kappa shape index (κ2) is 6.41. The molecule has 0 aliphatic heterocycles. The first-order valence-electron chi connectivity index (χ1n) is 6.84. The molecule has 1 aliphatic carbocycles. The van der Waals surface area contributed by atoms with Gasteiger partial charge in [0.25, 0.3) is 11.6 Å². The molecule has 0 aromatic heterocycles. The fraction of sp³-hybridized carbons (Fsp3) is 0.500. The molecule has 6 nitrogen and oxygen atoms in total. The molecule has 7 heteroatoms. The first-order chi connectivity index (χ1) is 9.90. The van der Waals surface area contributed by atoms with E-state index in [2.05, 4.69) is 24.2 Å². The maximum absolute atomic E-state index is 12.0. The zero-order valence-corrected chi connectivity index (χ0v) is 12.8. The van der Waals surface area contributed by atoms with Gasteiger partial charge in [0.05, 0.1) is 4.92 Å². The summed E-state index contributed by atoms with van der Waals surface area (Å²) in [7, 11) is 2.05. The molecule has 1 atom stereocenters. The van der Waals surface area contributed by atoms with Gasteiger partial charge in [0, 0.05) is 30.3 Å². The molecule has 0 spiro atoms. The van der Waals surface area contributed by atoms with Gasteiger partial charge in [0.2, 0.25) is 0 Å². The molecule has 1 aliphatic rings. The summed E-state index contributed by atoms with van der Waals surface area (Å²) in [6, 6.07) is 4.86. The third-order valence-corrected chi connectivity index (χ3v) is 4.09. The van der Waals surface area contributed by atoms with E-state index >= 15 is 0 Å². The summed E-state index contributed by atoms with van der Waals surface area (Å²) in [5, 5.41) is 13.5. The second-order valence-electron chi connectivity index (χ2n) is 5.38. The average Bonchev–Trinajstić information content (AvgIpc) is 3.27. The summed E-state index contributed by atoms with van der Waals surface area (Å²) in [6.45, 7) is 2.59. The number of likely N-dealkylation sites (N-methyl/N-ethyl adjacent to an activating group) is 1. The van der Waals surface area contributed by atoms with Crippen molar-refractivity contribution in [2.45, 2.75) is 31.8 Å². The van der Waals surface area contributed by atoms with E-state index < -0.39 is 4.92 Å². The first-order valence-corrected chi connectivity index (χ1v) is 7.22. The van der Waals surface area contributed by atoms with Crippen LogP contribution in [0, 0.1) is 10.1 Å². The van der Waals surface area contributed by atoms with E-state index in [0.29, 0.717) is 18.2 Å². The van der Waals surface area contributed by atoms with Crippen molar-refractivity contribution >= 4 is 23.2 Å². The van der Waals surface area contributed by atoms with Crippen molar-refractivity contribution < 1.29 is 9.72 Å². The molecular weight excluding hydrogens is 294 g/mol. The highest BCUT2D eigenvalue weighted by atomic mass is 35.5. The number of hydrogen-bond acceptors (Lipinski definition) is 4. The van der Waals surface area contributed by atoms with E-state index in [-0.39, 0.29) is 22.7 Å². The van der Waals surface area contributed by atoms with Crippen molar-refractivity contribution in [2.24, 2.45) is 0 Å². The van der Waals surface area contributed by atoms with Gasteiger partial charge >= 0.3 is 0 Å². The Morgan fingerprint density at radius 3 is 2.76 bits per heavy atom. The van der Waals surface area contributed by atoms with Crippen LogP contribution in [-0.4, -0.2) is 41.4 Å². The van der Waals surface area contributed by atoms with Gasteiger partial charge in [0.1, 0.15) is 5.02 Å². The van der Waals surface area contributed by atoms with Crippen LogP contribution in [0.15, 0.2) is 18.2 Å². The Balaban J connectivity index is 1.93. The van der Waals surface area contributed by atoms with E-state index in [1.807, 2.05) is 0 Å². The Hall–Kier alpha value is -1.66. The highest BCUT2D eigenvalue weighted by Gasteiger charge is 2.29. The fourth-order valence-electron chi connectivity index (χ4n) is 2.12. The number of nitro benzene ring substituents is 1. The highest BCUT2D eigenvalue weighted by molar-refractivity contribution is 6.33. The van der Waals surface area contributed by atoms with Gasteiger partial charge in [0.15, 0.2) is 0 Å². The second-order valence-corrected chi connectivity index (χ2v) is 5.79. The quantitative estimate of drug-likeness (QED) is 0.647. The molecule has 1 fully saturated rings. The third-order valence-electron chi connectivity index (χ3n) is 3.78. The van der Waals surface area contributed by atoms with E-state index in [1.165, 1.54) is 31.0 Å². The van der Waals surface area contributed by atoms with Crippen molar-refractivity contribution in [3.05, 3.63) is 38.9 Å². The molecule has 1 aromatic rings. The number of carbonyl (C=O) groups is 1. The maximum atomic E-state index is 12.0. The molecule has 0 heterocycles. The Morgan fingerprint density at radius 2 is 2.24 bits per heavy atom. The molecule has 1 unspecified atom stereocenters. The van der Waals surface area contributed by atoms with Gasteiger partial charge < -0.3 is 5.32 Å². The molecule has 114 valence electrons. The summed E-state index contributed by atoms with van der Waals surface area (Å²) in [5.74, 6) is -0.275. The summed E-state index contributed by atoms with van der Waals surface area (Å²) in [4.78, 5) is 24.4. The van der Waals surface area contributed by atoms with Crippen LogP contribution in [-0.2, 0) is 0 Å². The monoisotopic (exact) mass is 311 g/mol. The molecular formula is C14H18ClN3O3. The van der Waals surface area contributed by atoms with Crippen LogP contribution < -0.4 is 5.32 Å². The molecule has 0 saturated heterocycles. The van der Waals surface area contributed by atoms with Crippen LogP contribution >= 0.6 is 11.6 Å². The number of amides is 1. The van der Waals surface area contributed by atoms with Crippen LogP contribution in [0.2, 0.25) is 5.02 Å². The van der Waals surface area contributed by atoms with E-state index in [4.69, 9.17) is 11.6 Å². The molecule has 1 amide bonds. The minimum atomic E-state index is -0.573. The smallest absolute Gasteiger partial charge is 0.287 e. The maximum Gasteiger partial charge on any atom is 0.287 e. The number of nitrogens with zero attached hydrogens (tertiary/aromatic N) is 2. The van der Waals surface area contributed by atoms with Crippen LogP contribution in [0.5, 0.6) is 0 Å². The van der Waals surface area contributed by atoms with E-state index in [9.17, 15) is 14.9 Å². The van der Waals surface area contributed by atoms with E-state index in [0.717, 1.165) is 0 Å². The van der Waals surface area contributed by atoms with Gasteiger partial charge in [-0.25, -0.2) is 0 Å². The summed E-state index contributed by atoms with van der Waals surface area (Å²) >= 11 is 5.80. The number of nitrogens with one attached hydrogen (secondary N) is 1. The Kier molecular flexibility index (Phi) is 4.80. The van der Waals surface area contributed by atoms with Gasteiger partial charge in [-0.2, -0.15) is 0 Å². The predicted molar refractivity (Wildman–Crippen MR) is 80.7 cm³/mol. The first kappa shape index (κ1) is 15.7. The SMILES string of the molecule is CC(CNC(=O)c1ccc([N+](=O)[O-])c(Cl)c1)N(C)C1CC1. The van der Waals surface area contributed by atoms with Crippen LogP contribution in [0.4, 0.5) is 5.69 Å². The summed E-state index contributed by atoms with van der Waals surface area (Å²) in [6.07, 6.45) is 2.43. The standard InChI is InChI=1S/C14H18ClN3O3/c1-9(17(2)11-4-5-11)8-16-14(19)10-3-6-13(18(20)21)12(15)7-10/h3,6-7,9,11H,4-5,8H2,1-2H3,(H,16,19). The molecule has 1 saturated carbocycles. The fourth-order valence-corrected chi connectivity index (χ4v) is 2.37. The number of carbonyl (C=O) groups excluding carboxylic acids is 1. The molecule has 2 rings (SSSR count). The van der Waals surface area contributed by atoms with Crippen molar-refractivity contribution in [1.82, 2.24) is 10.2 Å². The molecule has 1 N–H and O–H groups in total. The van der Waals surface area contributed by atoms with E-state index in [1.54, 1.807) is 0 Å². The van der Waals surface area contributed by atoms with Gasteiger partial charge in [-0.05, 0) is 38.9 Å². The number of benzene rings is 1. The minimum Gasteiger partial charge on any atom is -0.350 e. The largest absolute Gasteiger partial charge is 0.350 e. The minimum absolute atomic E-state index is 0.0317. The third kappa shape index (κ3) is 3.92. The van der Waals surface area contributed by atoms with Crippen molar-refractivity contribution in [1.29, 1.82) is 0 Å². The lowest BCUT2D eigenvalue weighted by Gasteiger charge is -2.24. The lowest BCUT2D eigenvalue weighted by Crippen LogP contribution is -2.41. The number of rotatable bonds is 6. The van der Waals surface area contributed by atoms with Crippen LogP contribution in [0.1, 0.15) is 30.1 Å². The number of hydrogen-bond donors (Lipinski definition) is 1. The van der Waals surface area contributed by atoms with Gasteiger partial charge in [-0.15, -0.1) is 0 Å². The Labute approximate surface area is 128 Å². The average molecular weight is 312 g/mol. The number of halogens is 1. The van der Waals surface area contributed by atoms with Crippen molar-refractivity contribution in [3.8, 4) is 0 Å². The highest BCUT2D eigenvalue weighted by Crippen LogP contribution is 2.27. The Bertz CT molecular complexity index is 560. The Morgan fingerprint density at radius 1 is 1.57 bits per heavy atom. The van der Waals surface area contributed by atoms with Gasteiger partial charge in [-0.3, -0.25) is 19.8 Å². The summed E-state index contributed by atoms with van der Waals surface area (Å²) < 4.78 is 0. The predicted octanol–water partition coefficient (Wildman–Crippen LogP) is 2.46. The zero-order valence-electron chi connectivity index (χ0n) is 12.0. The lowest BCUT2D eigenvalue weighted by atomic mass is 10.2. The lowest BCUT2D eigenvalue weighted by molar-refractivity contribution is -0.384.